The summed E-state index contributed by atoms with van der Waals surface area (Å²) in [6.07, 6.45) is 0.986. The van der Waals surface area contributed by atoms with E-state index in [1.54, 1.807) is 0 Å². The van der Waals surface area contributed by atoms with Crippen molar-refractivity contribution in [3.63, 3.8) is 0 Å². The summed E-state index contributed by atoms with van der Waals surface area (Å²) in [4.78, 5) is 11.8. The zero-order chi connectivity index (χ0) is 20.4. The van der Waals surface area contributed by atoms with Gasteiger partial charge in [-0.25, -0.2) is 0 Å². The molecule has 0 N–H and O–H groups in total. The third-order valence-electron chi connectivity index (χ3n) is 4.75. The minimum Gasteiger partial charge on any atom is -0.465 e. The van der Waals surface area contributed by atoms with Crippen LogP contribution in [0.5, 0.6) is 5.75 Å². The van der Waals surface area contributed by atoms with Crippen molar-refractivity contribution in [3.05, 3.63) is 65.7 Å². The number of rotatable bonds is 11. The third-order valence-corrected chi connectivity index (χ3v) is 4.75. The van der Waals surface area contributed by atoms with Crippen LogP contribution in [0.1, 0.15) is 51.2 Å². The normalized spacial score (nSPS) is 13.2. The van der Waals surface area contributed by atoms with Crippen molar-refractivity contribution >= 4 is 5.97 Å². The van der Waals surface area contributed by atoms with Crippen molar-refractivity contribution in [2.24, 2.45) is 5.92 Å². The Morgan fingerprint density at radius 3 is 2.21 bits per heavy atom. The van der Waals surface area contributed by atoms with E-state index in [1.165, 1.54) is 5.56 Å². The van der Waals surface area contributed by atoms with Gasteiger partial charge in [0.25, 0.3) is 0 Å². The molecule has 0 saturated carbocycles. The number of esters is 1. The minimum absolute atomic E-state index is 0.213. The number of benzene rings is 2. The Bertz CT molecular complexity index is 694. The summed E-state index contributed by atoms with van der Waals surface area (Å²) in [6, 6.07) is 17.8. The molecule has 0 aromatic heterocycles. The fourth-order valence-corrected chi connectivity index (χ4v) is 3.29. The molecule has 4 nitrogen and oxygen atoms in total. The zero-order valence-corrected chi connectivity index (χ0v) is 17.4. The quantitative estimate of drug-likeness (QED) is 0.297. The number of carbonyl (C=O) groups excluding carboxylic acids is 1. The zero-order valence-electron chi connectivity index (χ0n) is 17.4. The first-order valence-electron chi connectivity index (χ1n) is 10.1. The van der Waals surface area contributed by atoms with Gasteiger partial charge in [0.1, 0.15) is 12.4 Å². The molecule has 0 aliphatic heterocycles. The molecule has 0 aliphatic rings. The molecule has 152 valence electrons. The van der Waals surface area contributed by atoms with Gasteiger partial charge in [0, 0.05) is 0 Å². The Kier molecular flexibility index (Phi) is 9.02. The van der Waals surface area contributed by atoms with Crippen molar-refractivity contribution in [3.8, 4) is 5.75 Å². The molecular weight excluding hydrogens is 352 g/mol. The monoisotopic (exact) mass is 384 g/mol. The first kappa shape index (κ1) is 22.0. The summed E-state index contributed by atoms with van der Waals surface area (Å²) in [6.45, 7) is 9.07. The summed E-state index contributed by atoms with van der Waals surface area (Å²) in [5.74, 6) is 1.70. The Morgan fingerprint density at radius 2 is 1.61 bits per heavy atom. The minimum atomic E-state index is -0.411. The second-order valence-electron chi connectivity index (χ2n) is 7.27. The summed E-state index contributed by atoms with van der Waals surface area (Å²) >= 11 is 0. The summed E-state index contributed by atoms with van der Waals surface area (Å²) < 4.78 is 16.6. The van der Waals surface area contributed by atoms with Crippen molar-refractivity contribution in [2.45, 2.75) is 52.7 Å². The van der Waals surface area contributed by atoms with Gasteiger partial charge in [-0.3, -0.25) is 4.79 Å². The summed E-state index contributed by atoms with van der Waals surface area (Å²) in [5.41, 5.74) is 2.28. The van der Waals surface area contributed by atoms with Crippen molar-refractivity contribution < 1.29 is 19.0 Å². The molecule has 2 unspecified atom stereocenters. The molecule has 0 radical (unpaired) electrons. The van der Waals surface area contributed by atoms with E-state index in [1.807, 2.05) is 49.4 Å². The van der Waals surface area contributed by atoms with Crippen LogP contribution in [0.2, 0.25) is 0 Å². The maximum atomic E-state index is 11.8. The highest BCUT2D eigenvalue weighted by Gasteiger charge is 2.14. The number of ether oxygens (including phenoxy) is 3. The van der Waals surface area contributed by atoms with E-state index in [2.05, 4.69) is 32.9 Å². The average Bonchev–Trinajstić information content (AvgIpc) is 2.68. The van der Waals surface area contributed by atoms with Crippen LogP contribution >= 0.6 is 0 Å². The van der Waals surface area contributed by atoms with E-state index in [0.717, 1.165) is 17.7 Å². The van der Waals surface area contributed by atoms with Crippen LogP contribution in [0, 0.1) is 5.92 Å². The largest absolute Gasteiger partial charge is 0.465 e. The van der Waals surface area contributed by atoms with E-state index < -0.39 is 6.29 Å². The molecule has 28 heavy (non-hydrogen) atoms. The first-order valence-corrected chi connectivity index (χ1v) is 10.1. The van der Waals surface area contributed by atoms with Gasteiger partial charge in [-0.2, -0.15) is 0 Å². The lowest BCUT2D eigenvalue weighted by molar-refractivity contribution is -0.147. The van der Waals surface area contributed by atoms with E-state index >= 15 is 0 Å². The molecule has 0 spiro atoms. The van der Waals surface area contributed by atoms with Crippen LogP contribution in [0.25, 0.3) is 0 Å². The first-order chi connectivity index (χ1) is 13.5. The van der Waals surface area contributed by atoms with Gasteiger partial charge in [0.05, 0.1) is 13.0 Å². The Morgan fingerprint density at radius 1 is 0.929 bits per heavy atom. The van der Waals surface area contributed by atoms with Gasteiger partial charge < -0.3 is 14.2 Å². The lowest BCUT2D eigenvalue weighted by Gasteiger charge is -2.20. The van der Waals surface area contributed by atoms with E-state index in [4.69, 9.17) is 14.2 Å². The van der Waals surface area contributed by atoms with Crippen molar-refractivity contribution in [2.75, 3.05) is 13.2 Å². The highest BCUT2D eigenvalue weighted by molar-refractivity contribution is 5.72. The van der Waals surface area contributed by atoms with Gasteiger partial charge in [-0.1, -0.05) is 63.2 Å². The van der Waals surface area contributed by atoms with Crippen molar-refractivity contribution in [1.82, 2.24) is 0 Å². The van der Waals surface area contributed by atoms with Gasteiger partial charge in [-0.05, 0) is 48.4 Å². The number of carbonyl (C=O) groups is 1. The predicted octanol–water partition coefficient (Wildman–Crippen LogP) is 5.36. The molecule has 0 saturated heterocycles. The molecule has 0 amide bonds. The molecule has 2 atom stereocenters. The van der Waals surface area contributed by atoms with Crippen LogP contribution in [-0.2, 0) is 20.7 Å². The Balaban J connectivity index is 1.68. The molecule has 0 bridgehead atoms. The lowest BCUT2D eigenvalue weighted by atomic mass is 9.86. The van der Waals surface area contributed by atoms with E-state index in [-0.39, 0.29) is 19.0 Å². The summed E-state index contributed by atoms with van der Waals surface area (Å²) in [7, 11) is 0. The van der Waals surface area contributed by atoms with E-state index in [0.29, 0.717) is 18.4 Å². The molecule has 0 fully saturated rings. The molecule has 2 aromatic rings. The standard InChI is InChI=1S/C24H32O4/c1-5-23(18(2)3)21-11-13-22(14-12-21)28-19(4)26-15-16-27-24(25)17-20-9-7-6-8-10-20/h6-14,18-19,23H,5,15-17H2,1-4H3. The third kappa shape index (κ3) is 7.35. The number of hydrogen-bond acceptors (Lipinski definition) is 4. The van der Waals surface area contributed by atoms with Crippen LogP contribution in [0.15, 0.2) is 54.6 Å². The maximum Gasteiger partial charge on any atom is 0.310 e. The van der Waals surface area contributed by atoms with Crippen LogP contribution in [-0.4, -0.2) is 25.5 Å². The maximum absolute atomic E-state index is 11.8. The van der Waals surface area contributed by atoms with Gasteiger partial charge >= 0.3 is 5.97 Å². The molecular formula is C24H32O4. The second kappa shape index (κ2) is 11.5. The molecule has 2 aromatic carbocycles. The lowest BCUT2D eigenvalue weighted by Crippen LogP contribution is -2.20. The SMILES string of the molecule is CCC(c1ccc(OC(C)OCCOC(=O)Cc2ccccc2)cc1)C(C)C. The van der Waals surface area contributed by atoms with Gasteiger partial charge in [0.15, 0.2) is 6.29 Å². The fourth-order valence-electron chi connectivity index (χ4n) is 3.29. The predicted molar refractivity (Wildman–Crippen MR) is 111 cm³/mol. The Labute approximate surface area is 168 Å². The van der Waals surface area contributed by atoms with Crippen LogP contribution in [0.3, 0.4) is 0 Å². The topological polar surface area (TPSA) is 44.8 Å². The van der Waals surface area contributed by atoms with Gasteiger partial charge in [0.2, 0.25) is 0 Å². The highest BCUT2D eigenvalue weighted by atomic mass is 16.7. The Hall–Kier alpha value is -2.33. The van der Waals surface area contributed by atoms with Crippen LogP contribution < -0.4 is 4.74 Å². The van der Waals surface area contributed by atoms with Gasteiger partial charge in [-0.15, -0.1) is 0 Å². The second-order valence-corrected chi connectivity index (χ2v) is 7.27. The van der Waals surface area contributed by atoms with E-state index in [9.17, 15) is 4.79 Å². The summed E-state index contributed by atoms with van der Waals surface area (Å²) in [5, 5.41) is 0. The van der Waals surface area contributed by atoms with Crippen LogP contribution in [0.4, 0.5) is 0 Å². The number of hydrogen-bond donors (Lipinski definition) is 0. The molecule has 2 rings (SSSR count). The molecule has 0 heterocycles. The smallest absolute Gasteiger partial charge is 0.310 e. The fraction of sp³-hybridized carbons (Fsp3) is 0.458. The molecule has 0 aliphatic carbocycles. The molecule has 4 heteroatoms. The average molecular weight is 385 g/mol. The highest BCUT2D eigenvalue weighted by Crippen LogP contribution is 2.29. The van der Waals surface area contributed by atoms with Crippen molar-refractivity contribution in [1.29, 1.82) is 0 Å².